The molecule has 1 amide bonds. The summed E-state index contributed by atoms with van der Waals surface area (Å²) in [6.45, 7) is 3.70. The fraction of sp³-hybridized carbons (Fsp3) is 0.316. The largest absolute Gasteiger partial charge is 0.391 e. The summed E-state index contributed by atoms with van der Waals surface area (Å²) in [5.74, 6) is -3.27. The molecule has 158 valence electrons. The van der Waals surface area contributed by atoms with Gasteiger partial charge >= 0.3 is 0 Å². The molecule has 0 heterocycles. The van der Waals surface area contributed by atoms with E-state index in [1.807, 2.05) is 36.4 Å². The monoisotopic (exact) mass is 558 g/mol. The quantitative estimate of drug-likeness (QED) is 0.221. The molecule has 10 heteroatoms. The fourth-order valence-electron chi connectivity index (χ4n) is 2.49. The van der Waals surface area contributed by atoms with Gasteiger partial charge in [0.25, 0.3) is 5.91 Å². The lowest BCUT2D eigenvalue weighted by Gasteiger charge is -2.17. The third-order valence-corrected chi connectivity index (χ3v) is 5.04. The van der Waals surface area contributed by atoms with Gasteiger partial charge in [-0.1, -0.05) is 37.0 Å². The van der Waals surface area contributed by atoms with E-state index in [0.29, 0.717) is 6.42 Å². The number of amides is 1. The van der Waals surface area contributed by atoms with Gasteiger partial charge in [0.15, 0.2) is 11.6 Å². The Bertz CT molecular complexity index is 900. The summed E-state index contributed by atoms with van der Waals surface area (Å²) >= 11 is 13.9. The van der Waals surface area contributed by atoms with Gasteiger partial charge in [0.1, 0.15) is 6.61 Å². The Morgan fingerprint density at radius 3 is 2.52 bits per heavy atom. The first kappa shape index (κ1) is 24.1. The molecule has 0 spiro atoms. The molecule has 0 saturated carbocycles. The minimum atomic E-state index is -1.34. The Morgan fingerprint density at radius 1 is 1.21 bits per heavy atom. The summed E-state index contributed by atoms with van der Waals surface area (Å²) < 4.78 is 29.4. The lowest BCUT2D eigenvalue weighted by atomic mass is 10.1. The third kappa shape index (κ3) is 6.65. The van der Waals surface area contributed by atoms with E-state index >= 15 is 0 Å². The highest BCUT2D eigenvalue weighted by Gasteiger charge is 2.23. The molecule has 0 bridgehead atoms. The Morgan fingerprint density at radius 2 is 1.90 bits per heavy atom. The second-order valence-corrected chi connectivity index (χ2v) is 8.74. The standard InChI is InChI=1S/C19H19Cl2F2IN2O3/c1-9(2)5-11(27)8-29-26-19(28)12-7-14(21)16(22)17(23)18(12)25-15-4-3-10(24)6-13(15)20/h3-4,6-7,9,11,25,27H,5,8H2,1-2H3,(H,26,28). The Labute approximate surface area is 190 Å². The number of carbonyl (C=O) groups is 1. The summed E-state index contributed by atoms with van der Waals surface area (Å²) in [5.41, 5.74) is 1.64. The number of hydrogen-bond acceptors (Lipinski definition) is 4. The van der Waals surface area contributed by atoms with E-state index in [1.165, 1.54) is 0 Å². The highest BCUT2D eigenvalue weighted by atomic mass is 127. The van der Waals surface area contributed by atoms with Crippen molar-refractivity contribution in [1.29, 1.82) is 0 Å². The van der Waals surface area contributed by atoms with Gasteiger partial charge in [-0.3, -0.25) is 9.63 Å². The zero-order chi connectivity index (χ0) is 21.7. The molecule has 0 aromatic heterocycles. The number of halogens is 5. The van der Waals surface area contributed by atoms with Crippen LogP contribution in [0.25, 0.3) is 0 Å². The number of anilines is 2. The van der Waals surface area contributed by atoms with Crippen LogP contribution in [0.4, 0.5) is 20.2 Å². The zero-order valence-corrected chi connectivity index (χ0v) is 19.2. The van der Waals surface area contributed by atoms with Crippen molar-refractivity contribution in [3.8, 4) is 0 Å². The Hall–Kier alpha value is -1.20. The molecule has 0 fully saturated rings. The maximum atomic E-state index is 14.5. The highest BCUT2D eigenvalue weighted by molar-refractivity contribution is 14.1. The summed E-state index contributed by atoms with van der Waals surface area (Å²) in [6, 6.07) is 5.87. The van der Waals surface area contributed by atoms with Crippen LogP contribution in [0.15, 0.2) is 24.3 Å². The molecule has 0 aliphatic carbocycles. The molecule has 3 N–H and O–H groups in total. The van der Waals surface area contributed by atoms with Crippen molar-refractivity contribution in [2.75, 3.05) is 11.9 Å². The first-order valence-corrected chi connectivity index (χ1v) is 10.4. The molecule has 2 aromatic carbocycles. The topological polar surface area (TPSA) is 70.6 Å². The van der Waals surface area contributed by atoms with Gasteiger partial charge in [0.05, 0.1) is 33.1 Å². The second kappa shape index (κ2) is 10.7. The normalized spacial score (nSPS) is 12.2. The van der Waals surface area contributed by atoms with E-state index in [-0.39, 0.29) is 28.8 Å². The first-order valence-electron chi connectivity index (χ1n) is 8.59. The maximum Gasteiger partial charge on any atom is 0.277 e. The molecular weight excluding hydrogens is 540 g/mol. The van der Waals surface area contributed by atoms with E-state index < -0.39 is 34.4 Å². The van der Waals surface area contributed by atoms with Crippen LogP contribution in [-0.2, 0) is 4.84 Å². The molecule has 0 radical (unpaired) electrons. The minimum Gasteiger partial charge on any atom is -0.391 e. The van der Waals surface area contributed by atoms with Crippen molar-refractivity contribution < 1.29 is 23.5 Å². The smallest absolute Gasteiger partial charge is 0.277 e. The fourth-order valence-corrected chi connectivity index (χ4v) is 3.59. The van der Waals surface area contributed by atoms with Crippen LogP contribution in [0.5, 0.6) is 0 Å². The highest BCUT2D eigenvalue weighted by Crippen LogP contribution is 2.34. The van der Waals surface area contributed by atoms with Gasteiger partial charge in [-0.25, -0.2) is 14.3 Å². The summed E-state index contributed by atoms with van der Waals surface area (Å²) in [4.78, 5) is 17.5. The summed E-state index contributed by atoms with van der Waals surface area (Å²) in [7, 11) is 0. The number of carbonyl (C=O) groups excluding carboxylic acids is 1. The number of hydroxylamine groups is 1. The summed E-state index contributed by atoms with van der Waals surface area (Å²) in [6.07, 6.45) is -0.308. The van der Waals surface area contributed by atoms with E-state index in [4.69, 9.17) is 28.0 Å². The third-order valence-electron chi connectivity index (χ3n) is 3.78. The van der Waals surface area contributed by atoms with Crippen LogP contribution in [0.1, 0.15) is 30.6 Å². The van der Waals surface area contributed by atoms with Gasteiger partial charge in [-0.15, -0.1) is 0 Å². The minimum absolute atomic E-state index is 0.160. The van der Waals surface area contributed by atoms with Crippen LogP contribution >= 0.6 is 45.8 Å². The Balaban J connectivity index is 2.25. The molecule has 0 aliphatic rings. The molecule has 0 aliphatic heterocycles. The van der Waals surface area contributed by atoms with Gasteiger partial charge in [0.2, 0.25) is 0 Å². The van der Waals surface area contributed by atoms with Crippen molar-refractivity contribution >= 4 is 63.1 Å². The van der Waals surface area contributed by atoms with Crippen molar-refractivity contribution in [2.45, 2.75) is 26.4 Å². The molecule has 1 unspecified atom stereocenters. The zero-order valence-electron chi connectivity index (χ0n) is 15.5. The SMILES string of the molecule is CC(C)CC(O)CONC(=O)c1cc(Cl)c(F)c(F)c1Nc1ccc(I)cc1Cl. The first-order chi connectivity index (χ1) is 13.6. The molecule has 29 heavy (non-hydrogen) atoms. The van der Waals surface area contributed by atoms with Crippen molar-refractivity contribution in [2.24, 2.45) is 5.92 Å². The number of aliphatic hydroxyl groups is 1. The predicted octanol–water partition coefficient (Wildman–Crippen LogP) is 5.69. The van der Waals surface area contributed by atoms with E-state index in [0.717, 1.165) is 9.64 Å². The second-order valence-electron chi connectivity index (χ2n) is 6.68. The van der Waals surface area contributed by atoms with Crippen LogP contribution in [0, 0.1) is 21.1 Å². The van der Waals surface area contributed by atoms with Crippen molar-refractivity contribution in [3.05, 3.63) is 55.1 Å². The molecule has 2 rings (SSSR count). The predicted molar refractivity (Wildman–Crippen MR) is 118 cm³/mol. The molecule has 1 atom stereocenters. The van der Waals surface area contributed by atoms with Crippen LogP contribution < -0.4 is 10.8 Å². The van der Waals surface area contributed by atoms with Crippen LogP contribution in [-0.4, -0.2) is 23.7 Å². The summed E-state index contributed by atoms with van der Waals surface area (Å²) in [5, 5.41) is 12.1. The van der Waals surface area contributed by atoms with Crippen LogP contribution in [0.3, 0.4) is 0 Å². The average Bonchev–Trinajstić information content (AvgIpc) is 2.63. The number of nitrogens with one attached hydrogen (secondary N) is 2. The average molecular weight is 559 g/mol. The number of hydrogen-bond donors (Lipinski definition) is 3. The number of benzene rings is 2. The van der Waals surface area contributed by atoms with Gasteiger partial charge < -0.3 is 10.4 Å². The van der Waals surface area contributed by atoms with E-state index in [9.17, 15) is 18.7 Å². The molecule has 0 saturated heterocycles. The van der Waals surface area contributed by atoms with Gasteiger partial charge in [-0.2, -0.15) is 0 Å². The van der Waals surface area contributed by atoms with Crippen molar-refractivity contribution in [3.63, 3.8) is 0 Å². The van der Waals surface area contributed by atoms with E-state index in [2.05, 4.69) is 10.8 Å². The lowest BCUT2D eigenvalue weighted by molar-refractivity contribution is -0.0181. The maximum absolute atomic E-state index is 14.5. The van der Waals surface area contributed by atoms with E-state index in [1.54, 1.807) is 18.2 Å². The molecular formula is C19H19Cl2F2IN2O3. The molecule has 5 nitrogen and oxygen atoms in total. The number of aliphatic hydroxyl groups excluding tert-OH is 1. The number of rotatable bonds is 8. The van der Waals surface area contributed by atoms with Gasteiger partial charge in [0, 0.05) is 3.57 Å². The van der Waals surface area contributed by atoms with Gasteiger partial charge in [-0.05, 0) is 59.2 Å². The lowest BCUT2D eigenvalue weighted by Crippen LogP contribution is -2.29. The Kier molecular flexibility index (Phi) is 8.90. The van der Waals surface area contributed by atoms with Crippen molar-refractivity contribution in [1.82, 2.24) is 5.48 Å². The molecule has 2 aromatic rings. The van der Waals surface area contributed by atoms with Crippen LogP contribution in [0.2, 0.25) is 10.0 Å².